The van der Waals surface area contributed by atoms with E-state index in [1.807, 2.05) is 12.1 Å². The van der Waals surface area contributed by atoms with Crippen LogP contribution in [-0.2, 0) is 4.74 Å². The standard InChI is InChI=1S/C20H25NO5/c1-12(2)13-3-5-14(6-4-13)25-15-7-9-16(10-8-15)26-20-18(21)19(23)17(22)11-24-20/h3-10,12,17-20,22-23H,11,21H2,1-2H3/t17-,18+,19-,20+/m0/s1. The Morgan fingerprint density at radius 2 is 1.50 bits per heavy atom. The Bertz CT molecular complexity index is 701. The van der Waals surface area contributed by atoms with Crippen molar-refractivity contribution in [2.24, 2.45) is 5.73 Å². The Kier molecular flexibility index (Phi) is 5.78. The zero-order valence-electron chi connectivity index (χ0n) is 14.9. The van der Waals surface area contributed by atoms with Gasteiger partial charge >= 0.3 is 0 Å². The van der Waals surface area contributed by atoms with E-state index in [9.17, 15) is 10.2 Å². The van der Waals surface area contributed by atoms with E-state index in [-0.39, 0.29) is 6.61 Å². The average molecular weight is 359 g/mol. The number of nitrogens with two attached hydrogens (primary N) is 1. The molecule has 4 N–H and O–H groups in total. The van der Waals surface area contributed by atoms with Crippen LogP contribution in [0.5, 0.6) is 17.2 Å². The first kappa shape index (κ1) is 18.7. The second-order valence-electron chi connectivity index (χ2n) is 6.75. The zero-order chi connectivity index (χ0) is 18.7. The molecular weight excluding hydrogens is 334 g/mol. The Hall–Kier alpha value is -2.12. The maximum absolute atomic E-state index is 9.80. The molecule has 0 aromatic heterocycles. The quantitative estimate of drug-likeness (QED) is 0.759. The van der Waals surface area contributed by atoms with Crippen LogP contribution in [0.2, 0.25) is 0 Å². The SMILES string of the molecule is CC(C)c1ccc(Oc2ccc(O[C@H]3OC[C@H](O)[C@H](O)[C@H]3N)cc2)cc1. The number of benzene rings is 2. The molecular formula is C20H25NO5. The van der Waals surface area contributed by atoms with E-state index in [0.29, 0.717) is 17.4 Å². The summed E-state index contributed by atoms with van der Waals surface area (Å²) in [7, 11) is 0. The molecule has 0 aliphatic carbocycles. The molecule has 0 saturated carbocycles. The maximum Gasteiger partial charge on any atom is 0.217 e. The first-order valence-corrected chi connectivity index (χ1v) is 8.72. The van der Waals surface area contributed by atoms with Gasteiger partial charge in [-0.25, -0.2) is 0 Å². The van der Waals surface area contributed by atoms with Crippen LogP contribution >= 0.6 is 0 Å². The number of aliphatic hydroxyl groups is 2. The van der Waals surface area contributed by atoms with E-state index < -0.39 is 24.5 Å². The minimum Gasteiger partial charge on any atom is -0.463 e. The highest BCUT2D eigenvalue weighted by atomic mass is 16.7. The molecule has 0 unspecified atom stereocenters. The van der Waals surface area contributed by atoms with Gasteiger partial charge in [0.2, 0.25) is 6.29 Å². The number of hydrogen-bond donors (Lipinski definition) is 3. The van der Waals surface area contributed by atoms with E-state index in [0.717, 1.165) is 5.75 Å². The first-order chi connectivity index (χ1) is 12.4. The van der Waals surface area contributed by atoms with Crippen molar-refractivity contribution >= 4 is 0 Å². The summed E-state index contributed by atoms with van der Waals surface area (Å²) in [6.45, 7) is 4.28. The van der Waals surface area contributed by atoms with Gasteiger partial charge in [-0.1, -0.05) is 26.0 Å². The molecule has 1 saturated heterocycles. The smallest absolute Gasteiger partial charge is 0.217 e. The van der Waals surface area contributed by atoms with Gasteiger partial charge in [-0.05, 0) is 47.9 Å². The van der Waals surface area contributed by atoms with Gasteiger partial charge in [0.25, 0.3) is 0 Å². The Labute approximate surface area is 153 Å². The summed E-state index contributed by atoms with van der Waals surface area (Å²) in [6, 6.07) is 14.2. The molecule has 3 rings (SSSR count). The summed E-state index contributed by atoms with van der Waals surface area (Å²) in [6.07, 6.45) is -2.89. The first-order valence-electron chi connectivity index (χ1n) is 8.72. The fraction of sp³-hybridized carbons (Fsp3) is 0.400. The lowest BCUT2D eigenvalue weighted by Crippen LogP contribution is -2.59. The normalized spacial score (nSPS) is 25.9. The summed E-state index contributed by atoms with van der Waals surface area (Å²) in [4.78, 5) is 0. The zero-order valence-corrected chi connectivity index (χ0v) is 14.9. The number of rotatable bonds is 5. The summed E-state index contributed by atoms with van der Waals surface area (Å²) in [5.41, 5.74) is 7.10. The molecule has 1 fully saturated rings. The number of aliphatic hydroxyl groups excluding tert-OH is 2. The number of ether oxygens (including phenoxy) is 3. The molecule has 6 nitrogen and oxygen atoms in total. The Morgan fingerprint density at radius 1 is 0.962 bits per heavy atom. The van der Waals surface area contributed by atoms with Crippen LogP contribution < -0.4 is 15.2 Å². The molecule has 1 aliphatic heterocycles. The summed E-state index contributed by atoms with van der Waals surface area (Å²) in [5.74, 6) is 2.46. The van der Waals surface area contributed by atoms with Crippen molar-refractivity contribution in [2.75, 3.05) is 6.61 Å². The molecule has 0 bridgehead atoms. The Balaban J connectivity index is 1.60. The average Bonchev–Trinajstić information content (AvgIpc) is 2.64. The van der Waals surface area contributed by atoms with Gasteiger partial charge in [0.15, 0.2) is 0 Å². The van der Waals surface area contributed by atoms with Crippen molar-refractivity contribution in [1.29, 1.82) is 0 Å². The molecule has 6 heteroatoms. The van der Waals surface area contributed by atoms with Gasteiger partial charge in [-0.2, -0.15) is 0 Å². The molecule has 2 aromatic rings. The monoisotopic (exact) mass is 359 g/mol. The Morgan fingerprint density at radius 3 is 2.08 bits per heavy atom. The van der Waals surface area contributed by atoms with Gasteiger partial charge < -0.3 is 30.2 Å². The molecule has 1 heterocycles. The fourth-order valence-electron chi connectivity index (χ4n) is 2.71. The van der Waals surface area contributed by atoms with E-state index in [1.165, 1.54) is 5.56 Å². The highest BCUT2D eigenvalue weighted by Gasteiger charge is 2.37. The van der Waals surface area contributed by atoms with Gasteiger partial charge in [0.1, 0.15) is 29.5 Å². The molecule has 4 atom stereocenters. The second kappa shape index (κ2) is 8.05. The molecule has 2 aromatic carbocycles. The summed E-state index contributed by atoms with van der Waals surface area (Å²) in [5, 5.41) is 19.3. The predicted molar refractivity (Wildman–Crippen MR) is 97.4 cm³/mol. The van der Waals surface area contributed by atoms with Crippen molar-refractivity contribution in [3.63, 3.8) is 0 Å². The van der Waals surface area contributed by atoms with Crippen LogP contribution in [0.1, 0.15) is 25.3 Å². The molecule has 0 amide bonds. The highest BCUT2D eigenvalue weighted by molar-refractivity contribution is 5.36. The lowest BCUT2D eigenvalue weighted by Gasteiger charge is -2.35. The van der Waals surface area contributed by atoms with Crippen LogP contribution in [-0.4, -0.2) is 41.4 Å². The summed E-state index contributed by atoms with van der Waals surface area (Å²) >= 11 is 0. The predicted octanol–water partition coefficient (Wildman–Crippen LogP) is 2.39. The lowest BCUT2D eigenvalue weighted by atomic mass is 10.0. The van der Waals surface area contributed by atoms with Crippen molar-refractivity contribution in [1.82, 2.24) is 0 Å². The van der Waals surface area contributed by atoms with Gasteiger partial charge in [0, 0.05) is 0 Å². The molecule has 0 spiro atoms. The third kappa shape index (κ3) is 4.34. The van der Waals surface area contributed by atoms with Gasteiger partial charge in [-0.15, -0.1) is 0 Å². The topological polar surface area (TPSA) is 94.2 Å². The summed E-state index contributed by atoms with van der Waals surface area (Å²) < 4.78 is 16.8. The number of hydrogen-bond acceptors (Lipinski definition) is 6. The fourth-order valence-corrected chi connectivity index (χ4v) is 2.71. The molecule has 140 valence electrons. The van der Waals surface area contributed by atoms with Crippen molar-refractivity contribution in [2.45, 2.75) is 44.3 Å². The minimum atomic E-state index is -1.08. The third-order valence-corrected chi connectivity index (χ3v) is 4.39. The van der Waals surface area contributed by atoms with Crippen molar-refractivity contribution in [3.8, 4) is 17.2 Å². The largest absolute Gasteiger partial charge is 0.463 e. The van der Waals surface area contributed by atoms with Gasteiger partial charge in [-0.3, -0.25) is 0 Å². The second-order valence-corrected chi connectivity index (χ2v) is 6.75. The van der Waals surface area contributed by atoms with E-state index in [4.69, 9.17) is 19.9 Å². The molecule has 26 heavy (non-hydrogen) atoms. The van der Waals surface area contributed by atoms with Crippen molar-refractivity contribution in [3.05, 3.63) is 54.1 Å². The van der Waals surface area contributed by atoms with E-state index in [1.54, 1.807) is 24.3 Å². The van der Waals surface area contributed by atoms with E-state index in [2.05, 4.69) is 26.0 Å². The van der Waals surface area contributed by atoms with Crippen LogP contribution in [0.25, 0.3) is 0 Å². The van der Waals surface area contributed by atoms with Crippen LogP contribution in [0.4, 0.5) is 0 Å². The maximum atomic E-state index is 9.80. The molecule has 1 aliphatic rings. The van der Waals surface area contributed by atoms with Crippen LogP contribution in [0, 0.1) is 0 Å². The minimum absolute atomic E-state index is 0.0207. The lowest BCUT2D eigenvalue weighted by molar-refractivity contribution is -0.194. The van der Waals surface area contributed by atoms with Crippen LogP contribution in [0.3, 0.4) is 0 Å². The van der Waals surface area contributed by atoms with Crippen molar-refractivity contribution < 1.29 is 24.4 Å². The third-order valence-electron chi connectivity index (χ3n) is 4.39. The van der Waals surface area contributed by atoms with E-state index >= 15 is 0 Å². The highest BCUT2D eigenvalue weighted by Crippen LogP contribution is 2.27. The van der Waals surface area contributed by atoms with Gasteiger partial charge in [0.05, 0.1) is 12.6 Å². The molecule has 0 radical (unpaired) electrons. The van der Waals surface area contributed by atoms with Crippen LogP contribution in [0.15, 0.2) is 48.5 Å².